The van der Waals surface area contributed by atoms with Crippen LogP contribution in [0.2, 0.25) is 0 Å². The molecule has 0 aliphatic carbocycles. The molecule has 0 bridgehead atoms. The maximum atomic E-state index is 12.3. The van der Waals surface area contributed by atoms with Gasteiger partial charge in [-0.25, -0.2) is 4.79 Å². The second kappa shape index (κ2) is 11.4. The van der Waals surface area contributed by atoms with E-state index in [2.05, 4.69) is 10.6 Å². The molecule has 0 saturated carbocycles. The van der Waals surface area contributed by atoms with Gasteiger partial charge in [0.2, 0.25) is 5.91 Å². The first kappa shape index (κ1) is 22.6. The first-order chi connectivity index (χ1) is 14.4. The molecule has 0 heterocycles. The Morgan fingerprint density at radius 1 is 1.03 bits per heavy atom. The Kier molecular flexibility index (Phi) is 8.57. The summed E-state index contributed by atoms with van der Waals surface area (Å²) in [5.41, 5.74) is 1.92. The molecule has 0 radical (unpaired) electrons. The maximum absolute atomic E-state index is 12.3. The van der Waals surface area contributed by atoms with Crippen LogP contribution in [-0.4, -0.2) is 29.9 Å². The molecule has 2 aromatic rings. The van der Waals surface area contributed by atoms with Crippen molar-refractivity contribution in [1.82, 2.24) is 5.32 Å². The lowest BCUT2D eigenvalue weighted by Crippen LogP contribution is -2.41. The molecular formula is C23H25N3O4. The number of esters is 1. The summed E-state index contributed by atoms with van der Waals surface area (Å²) in [4.78, 5) is 36.0. The molecule has 2 atom stereocenters. The molecule has 30 heavy (non-hydrogen) atoms. The van der Waals surface area contributed by atoms with E-state index in [-0.39, 0.29) is 23.9 Å². The summed E-state index contributed by atoms with van der Waals surface area (Å²) < 4.78 is 5.24. The third-order valence-electron chi connectivity index (χ3n) is 4.39. The van der Waals surface area contributed by atoms with E-state index < -0.39 is 18.0 Å². The van der Waals surface area contributed by atoms with Gasteiger partial charge in [0.15, 0.2) is 6.10 Å². The Morgan fingerprint density at radius 3 is 2.33 bits per heavy atom. The third-order valence-corrected chi connectivity index (χ3v) is 4.39. The Labute approximate surface area is 176 Å². The number of anilines is 1. The predicted octanol–water partition coefficient (Wildman–Crippen LogP) is 3.22. The smallest absolute Gasteiger partial charge is 0.338 e. The van der Waals surface area contributed by atoms with Gasteiger partial charge in [-0.2, -0.15) is 5.26 Å². The molecule has 0 aromatic heterocycles. The van der Waals surface area contributed by atoms with Crippen LogP contribution in [0.25, 0.3) is 0 Å². The second-order valence-electron chi connectivity index (χ2n) is 6.94. The average molecular weight is 407 g/mol. The first-order valence-corrected chi connectivity index (χ1v) is 9.71. The SMILES string of the molecule is C[C@H](OC(=O)c1ccc(NC(=O)CC#N)cc1)C(=O)N[C@@H](C)CCc1ccccc1. The molecule has 0 aliphatic rings. The summed E-state index contributed by atoms with van der Waals surface area (Å²) >= 11 is 0. The zero-order valence-corrected chi connectivity index (χ0v) is 17.1. The quantitative estimate of drug-likeness (QED) is 0.621. The number of ether oxygens (including phenoxy) is 1. The van der Waals surface area contributed by atoms with Gasteiger partial charge >= 0.3 is 5.97 Å². The van der Waals surface area contributed by atoms with Crippen LogP contribution in [-0.2, 0) is 20.7 Å². The van der Waals surface area contributed by atoms with Crippen molar-refractivity contribution in [2.24, 2.45) is 0 Å². The van der Waals surface area contributed by atoms with E-state index in [1.165, 1.54) is 36.8 Å². The molecule has 0 aliphatic heterocycles. The molecular weight excluding hydrogens is 382 g/mol. The first-order valence-electron chi connectivity index (χ1n) is 9.71. The highest BCUT2D eigenvalue weighted by molar-refractivity contribution is 5.94. The van der Waals surface area contributed by atoms with Gasteiger partial charge in [-0.3, -0.25) is 9.59 Å². The van der Waals surface area contributed by atoms with E-state index in [1.807, 2.05) is 37.3 Å². The topological polar surface area (TPSA) is 108 Å². The largest absolute Gasteiger partial charge is 0.449 e. The van der Waals surface area contributed by atoms with Crippen LogP contribution in [0, 0.1) is 11.3 Å². The lowest BCUT2D eigenvalue weighted by molar-refractivity contribution is -0.129. The molecule has 0 spiro atoms. The van der Waals surface area contributed by atoms with Crippen LogP contribution < -0.4 is 10.6 Å². The van der Waals surface area contributed by atoms with Crippen LogP contribution in [0.5, 0.6) is 0 Å². The second-order valence-corrected chi connectivity index (χ2v) is 6.94. The summed E-state index contributed by atoms with van der Waals surface area (Å²) in [6.45, 7) is 3.43. The summed E-state index contributed by atoms with van der Waals surface area (Å²) in [7, 11) is 0. The van der Waals surface area contributed by atoms with Gasteiger partial charge in [0.1, 0.15) is 6.42 Å². The molecule has 0 saturated heterocycles. The highest BCUT2D eigenvalue weighted by Crippen LogP contribution is 2.12. The highest BCUT2D eigenvalue weighted by Gasteiger charge is 2.20. The van der Waals surface area contributed by atoms with Crippen LogP contribution in [0.3, 0.4) is 0 Å². The minimum atomic E-state index is -0.938. The van der Waals surface area contributed by atoms with Crippen LogP contribution in [0.15, 0.2) is 54.6 Å². The van der Waals surface area contributed by atoms with Crippen molar-refractivity contribution in [3.05, 3.63) is 65.7 Å². The van der Waals surface area contributed by atoms with Crippen LogP contribution >= 0.6 is 0 Å². The summed E-state index contributed by atoms with van der Waals surface area (Å²) in [6.07, 6.45) is 0.426. The number of nitrogens with one attached hydrogen (secondary N) is 2. The Balaban J connectivity index is 1.80. The Morgan fingerprint density at radius 2 is 1.70 bits per heavy atom. The van der Waals surface area contributed by atoms with Crippen molar-refractivity contribution < 1.29 is 19.1 Å². The van der Waals surface area contributed by atoms with Gasteiger partial charge in [0.05, 0.1) is 11.6 Å². The van der Waals surface area contributed by atoms with Crippen molar-refractivity contribution in [1.29, 1.82) is 5.26 Å². The zero-order chi connectivity index (χ0) is 21.9. The third kappa shape index (κ3) is 7.40. The molecule has 0 unspecified atom stereocenters. The molecule has 7 nitrogen and oxygen atoms in total. The molecule has 2 rings (SSSR count). The fourth-order valence-electron chi connectivity index (χ4n) is 2.71. The van der Waals surface area contributed by atoms with Crippen LogP contribution in [0.1, 0.15) is 42.6 Å². The highest BCUT2D eigenvalue weighted by atomic mass is 16.5. The van der Waals surface area contributed by atoms with Gasteiger partial charge in [-0.15, -0.1) is 0 Å². The maximum Gasteiger partial charge on any atom is 0.338 e. The fraction of sp³-hybridized carbons (Fsp3) is 0.304. The van der Waals surface area contributed by atoms with Crippen molar-refractivity contribution in [2.75, 3.05) is 5.32 Å². The van der Waals surface area contributed by atoms with Crippen molar-refractivity contribution >= 4 is 23.5 Å². The minimum absolute atomic E-state index is 0.0600. The van der Waals surface area contributed by atoms with Crippen molar-refractivity contribution in [3.8, 4) is 6.07 Å². The van der Waals surface area contributed by atoms with Gasteiger partial charge in [0, 0.05) is 11.7 Å². The fourth-order valence-corrected chi connectivity index (χ4v) is 2.71. The Bertz CT molecular complexity index is 904. The zero-order valence-electron chi connectivity index (χ0n) is 17.1. The molecule has 2 amide bonds. The van der Waals surface area contributed by atoms with E-state index >= 15 is 0 Å². The molecule has 7 heteroatoms. The minimum Gasteiger partial charge on any atom is -0.449 e. The molecule has 2 aromatic carbocycles. The molecule has 0 fully saturated rings. The number of amides is 2. The number of benzene rings is 2. The van der Waals surface area contributed by atoms with Crippen molar-refractivity contribution in [2.45, 2.75) is 45.3 Å². The van der Waals surface area contributed by atoms with Crippen molar-refractivity contribution in [3.63, 3.8) is 0 Å². The predicted molar refractivity (Wildman–Crippen MR) is 113 cm³/mol. The number of rotatable bonds is 9. The number of nitriles is 1. The summed E-state index contributed by atoms with van der Waals surface area (Å²) in [5, 5.41) is 13.9. The van der Waals surface area contributed by atoms with Crippen LogP contribution in [0.4, 0.5) is 5.69 Å². The van der Waals surface area contributed by atoms with E-state index in [9.17, 15) is 14.4 Å². The van der Waals surface area contributed by atoms with Gasteiger partial charge < -0.3 is 15.4 Å². The normalized spacial score (nSPS) is 12.2. The van der Waals surface area contributed by atoms with E-state index in [0.29, 0.717) is 5.69 Å². The molecule has 156 valence electrons. The van der Waals surface area contributed by atoms with Gasteiger partial charge in [-0.05, 0) is 56.5 Å². The summed E-state index contributed by atoms with van der Waals surface area (Å²) in [5.74, 6) is -1.42. The van der Waals surface area contributed by atoms with Gasteiger partial charge in [-0.1, -0.05) is 30.3 Å². The van der Waals surface area contributed by atoms with Gasteiger partial charge in [0.25, 0.3) is 5.91 Å². The number of carbonyl (C=O) groups is 3. The monoisotopic (exact) mass is 407 g/mol. The standard InChI is InChI=1S/C23H25N3O4/c1-16(8-9-18-6-4-3-5-7-18)25-22(28)17(2)30-23(29)19-10-12-20(13-11-19)26-21(27)14-15-24/h3-7,10-13,16-17H,8-9,14H2,1-2H3,(H,25,28)(H,26,27)/t16-,17-/m0/s1. The molecule has 2 N–H and O–H groups in total. The van der Waals surface area contributed by atoms with E-state index in [4.69, 9.17) is 10.00 Å². The average Bonchev–Trinajstić information content (AvgIpc) is 2.73. The van der Waals surface area contributed by atoms with E-state index in [1.54, 1.807) is 6.07 Å². The lowest BCUT2D eigenvalue weighted by Gasteiger charge is -2.18. The Hall–Kier alpha value is -3.66. The number of hydrogen-bond donors (Lipinski definition) is 2. The number of nitrogens with zero attached hydrogens (tertiary/aromatic N) is 1. The van der Waals surface area contributed by atoms with E-state index in [0.717, 1.165) is 12.8 Å². The summed E-state index contributed by atoms with van der Waals surface area (Å²) in [6, 6.07) is 17.7. The lowest BCUT2D eigenvalue weighted by atomic mass is 10.1. The number of aryl methyl sites for hydroxylation is 1. The number of hydrogen-bond acceptors (Lipinski definition) is 5. The number of carbonyl (C=O) groups excluding carboxylic acids is 3.